The lowest BCUT2D eigenvalue weighted by Crippen LogP contribution is -2.39. The van der Waals surface area contributed by atoms with Gasteiger partial charge in [0.15, 0.2) is 0 Å². The zero-order valence-corrected chi connectivity index (χ0v) is 15.9. The van der Waals surface area contributed by atoms with Gasteiger partial charge in [0.25, 0.3) is 0 Å². The SMILES string of the molecule is CC(C)N(CCCN1c2ccccc2Sc2cccnc21)C(C)C. The number of fused-ring (bicyclic) bond motifs is 2. The standard InChI is InChI=1S/C20H27N3S/c1-15(2)22(16(3)4)13-8-14-23-17-9-5-6-10-18(17)24-19-11-7-12-21-20(19)23/h5-7,9-12,15-16H,8,13-14H2,1-4H3. The molecule has 2 aromatic rings. The van der Waals surface area contributed by atoms with Gasteiger partial charge in [-0.05, 0) is 58.4 Å². The van der Waals surface area contributed by atoms with Crippen LogP contribution < -0.4 is 4.90 Å². The summed E-state index contributed by atoms with van der Waals surface area (Å²) in [5, 5.41) is 0. The van der Waals surface area contributed by atoms with Crippen LogP contribution in [-0.4, -0.2) is 35.1 Å². The Morgan fingerprint density at radius 2 is 1.71 bits per heavy atom. The van der Waals surface area contributed by atoms with Gasteiger partial charge in [-0.15, -0.1) is 0 Å². The Bertz CT molecular complexity index is 631. The zero-order chi connectivity index (χ0) is 17.1. The Morgan fingerprint density at radius 1 is 1.00 bits per heavy atom. The summed E-state index contributed by atoms with van der Waals surface area (Å²) < 4.78 is 0. The molecule has 24 heavy (non-hydrogen) atoms. The van der Waals surface area contributed by atoms with Crippen LogP contribution in [0.15, 0.2) is 52.4 Å². The van der Waals surface area contributed by atoms with Crippen molar-refractivity contribution in [3.8, 4) is 0 Å². The molecule has 0 aliphatic carbocycles. The number of pyridine rings is 1. The van der Waals surface area contributed by atoms with Crippen LogP contribution >= 0.6 is 11.8 Å². The maximum atomic E-state index is 4.66. The summed E-state index contributed by atoms with van der Waals surface area (Å²) in [6, 6.07) is 14.0. The van der Waals surface area contributed by atoms with E-state index < -0.39 is 0 Å². The lowest BCUT2D eigenvalue weighted by molar-refractivity contribution is 0.174. The second-order valence-electron chi connectivity index (χ2n) is 6.83. The predicted molar refractivity (Wildman–Crippen MR) is 103 cm³/mol. The van der Waals surface area contributed by atoms with Gasteiger partial charge in [-0.1, -0.05) is 23.9 Å². The Balaban J connectivity index is 1.78. The van der Waals surface area contributed by atoms with Crippen LogP contribution in [0.25, 0.3) is 0 Å². The van der Waals surface area contributed by atoms with Gasteiger partial charge in [0.2, 0.25) is 0 Å². The Morgan fingerprint density at radius 3 is 2.46 bits per heavy atom. The van der Waals surface area contributed by atoms with E-state index in [0.717, 1.165) is 25.3 Å². The number of hydrogen-bond donors (Lipinski definition) is 0. The molecule has 0 fully saturated rings. The Labute approximate surface area is 150 Å². The van der Waals surface area contributed by atoms with Crippen molar-refractivity contribution in [1.29, 1.82) is 0 Å². The maximum absolute atomic E-state index is 4.66. The van der Waals surface area contributed by atoms with Crippen LogP contribution in [0.4, 0.5) is 11.5 Å². The normalized spacial score (nSPS) is 13.5. The molecule has 2 heterocycles. The molecule has 3 rings (SSSR count). The van der Waals surface area contributed by atoms with Crippen molar-refractivity contribution >= 4 is 23.3 Å². The van der Waals surface area contributed by atoms with Crippen LogP contribution in [-0.2, 0) is 0 Å². The van der Waals surface area contributed by atoms with Crippen molar-refractivity contribution in [1.82, 2.24) is 9.88 Å². The smallest absolute Gasteiger partial charge is 0.147 e. The van der Waals surface area contributed by atoms with Gasteiger partial charge in [-0.3, -0.25) is 4.90 Å². The van der Waals surface area contributed by atoms with E-state index in [0.29, 0.717) is 12.1 Å². The van der Waals surface area contributed by atoms with E-state index >= 15 is 0 Å². The summed E-state index contributed by atoms with van der Waals surface area (Å²) in [5.74, 6) is 1.10. The Kier molecular flexibility index (Phi) is 5.47. The number of aromatic nitrogens is 1. The number of nitrogens with zero attached hydrogens (tertiary/aromatic N) is 3. The molecular weight excluding hydrogens is 314 g/mol. The monoisotopic (exact) mass is 341 g/mol. The first kappa shape index (κ1) is 17.3. The molecule has 0 spiro atoms. The molecule has 0 amide bonds. The first-order valence-corrected chi connectivity index (χ1v) is 9.64. The van der Waals surface area contributed by atoms with Crippen LogP contribution in [0, 0.1) is 0 Å². The first-order chi connectivity index (χ1) is 11.6. The third-order valence-electron chi connectivity index (χ3n) is 4.51. The topological polar surface area (TPSA) is 19.4 Å². The molecule has 0 bridgehead atoms. The van der Waals surface area contributed by atoms with Crippen molar-refractivity contribution in [2.45, 2.75) is 56.0 Å². The minimum absolute atomic E-state index is 0.583. The van der Waals surface area contributed by atoms with Crippen LogP contribution in [0.3, 0.4) is 0 Å². The molecule has 4 heteroatoms. The molecule has 0 atom stereocenters. The molecule has 0 N–H and O–H groups in total. The number of anilines is 2. The molecule has 1 aliphatic heterocycles. The highest BCUT2D eigenvalue weighted by molar-refractivity contribution is 7.99. The molecule has 128 valence electrons. The van der Waals surface area contributed by atoms with E-state index in [4.69, 9.17) is 0 Å². The van der Waals surface area contributed by atoms with Gasteiger partial charge in [-0.25, -0.2) is 4.98 Å². The van der Waals surface area contributed by atoms with Crippen molar-refractivity contribution in [3.63, 3.8) is 0 Å². The van der Waals surface area contributed by atoms with Gasteiger partial charge in [0.05, 0.1) is 10.6 Å². The van der Waals surface area contributed by atoms with Crippen molar-refractivity contribution in [3.05, 3.63) is 42.6 Å². The fourth-order valence-electron chi connectivity index (χ4n) is 3.41. The molecule has 1 aromatic heterocycles. The van der Waals surface area contributed by atoms with E-state index in [1.54, 1.807) is 0 Å². The van der Waals surface area contributed by atoms with Crippen molar-refractivity contribution < 1.29 is 0 Å². The fraction of sp³-hybridized carbons (Fsp3) is 0.450. The van der Waals surface area contributed by atoms with E-state index in [-0.39, 0.29) is 0 Å². The third kappa shape index (κ3) is 3.60. The van der Waals surface area contributed by atoms with E-state index in [9.17, 15) is 0 Å². The summed E-state index contributed by atoms with van der Waals surface area (Å²) in [4.78, 5) is 12.2. The molecule has 1 aromatic carbocycles. The number of para-hydroxylation sites is 1. The van der Waals surface area contributed by atoms with Crippen molar-refractivity contribution in [2.24, 2.45) is 0 Å². The summed E-state index contributed by atoms with van der Waals surface area (Å²) in [5.41, 5.74) is 1.29. The van der Waals surface area contributed by atoms with Gasteiger partial charge < -0.3 is 4.90 Å². The molecule has 0 unspecified atom stereocenters. The molecule has 0 saturated heterocycles. The fourth-order valence-corrected chi connectivity index (χ4v) is 4.48. The molecule has 3 nitrogen and oxygen atoms in total. The molecule has 0 radical (unpaired) electrons. The van der Waals surface area contributed by atoms with Crippen LogP contribution in [0.5, 0.6) is 0 Å². The average Bonchev–Trinajstić information content (AvgIpc) is 2.57. The van der Waals surface area contributed by atoms with Crippen LogP contribution in [0.2, 0.25) is 0 Å². The molecule has 0 saturated carbocycles. The maximum Gasteiger partial charge on any atom is 0.147 e. The van der Waals surface area contributed by atoms with E-state index in [1.165, 1.54) is 15.5 Å². The summed E-state index contributed by atoms with van der Waals surface area (Å²) >= 11 is 1.82. The predicted octanol–water partition coefficient (Wildman–Crippen LogP) is 5.19. The largest absolute Gasteiger partial charge is 0.324 e. The summed E-state index contributed by atoms with van der Waals surface area (Å²) in [7, 11) is 0. The quantitative estimate of drug-likeness (QED) is 0.719. The number of rotatable bonds is 6. The first-order valence-electron chi connectivity index (χ1n) is 8.83. The Hall–Kier alpha value is -1.52. The van der Waals surface area contributed by atoms with E-state index in [1.807, 2.05) is 24.0 Å². The molecule has 1 aliphatic rings. The minimum Gasteiger partial charge on any atom is -0.324 e. The second kappa shape index (κ2) is 7.58. The molecular formula is C20H27N3S. The minimum atomic E-state index is 0.583. The third-order valence-corrected chi connectivity index (χ3v) is 5.61. The van der Waals surface area contributed by atoms with Crippen LogP contribution in [0.1, 0.15) is 34.1 Å². The summed E-state index contributed by atoms with van der Waals surface area (Å²) in [6.45, 7) is 11.2. The highest BCUT2D eigenvalue weighted by atomic mass is 32.2. The number of benzene rings is 1. The van der Waals surface area contributed by atoms with Gasteiger partial charge in [0.1, 0.15) is 5.82 Å². The zero-order valence-electron chi connectivity index (χ0n) is 15.1. The highest BCUT2D eigenvalue weighted by Gasteiger charge is 2.24. The van der Waals surface area contributed by atoms with Gasteiger partial charge in [0, 0.05) is 36.3 Å². The van der Waals surface area contributed by atoms with Crippen molar-refractivity contribution in [2.75, 3.05) is 18.0 Å². The lowest BCUT2D eigenvalue weighted by Gasteiger charge is -2.34. The lowest BCUT2D eigenvalue weighted by atomic mass is 10.2. The summed E-state index contributed by atoms with van der Waals surface area (Å²) in [6.07, 6.45) is 3.03. The average molecular weight is 342 g/mol. The van der Waals surface area contributed by atoms with Gasteiger partial charge >= 0.3 is 0 Å². The highest BCUT2D eigenvalue weighted by Crippen LogP contribution is 2.46. The number of hydrogen-bond acceptors (Lipinski definition) is 4. The van der Waals surface area contributed by atoms with Gasteiger partial charge in [-0.2, -0.15) is 0 Å². The second-order valence-corrected chi connectivity index (χ2v) is 7.91. The van der Waals surface area contributed by atoms with E-state index in [2.05, 4.69) is 72.8 Å².